The molecule has 4 heteroatoms. The topological polar surface area (TPSA) is 49.7 Å². The Morgan fingerprint density at radius 3 is 2.47 bits per heavy atom. The molecule has 0 aliphatic rings. The van der Waals surface area contributed by atoms with E-state index in [0.717, 1.165) is 24.8 Å². The molecule has 0 saturated carbocycles. The zero-order chi connectivity index (χ0) is 11.1. The highest BCUT2D eigenvalue weighted by molar-refractivity contribution is 7.39. The molecule has 0 aliphatic heterocycles. The molecule has 1 unspecified atom stereocenters. The van der Waals surface area contributed by atoms with Crippen molar-refractivity contribution in [1.29, 1.82) is 0 Å². The van der Waals surface area contributed by atoms with Crippen LogP contribution < -0.4 is 0 Å². The number of benzene rings is 1. The monoisotopic (exact) mass is 228 g/mol. The van der Waals surface area contributed by atoms with E-state index in [0.29, 0.717) is 0 Å². The predicted octanol–water partition coefficient (Wildman–Crippen LogP) is 3.15. The minimum Gasteiger partial charge on any atom is -0.328 e. The van der Waals surface area contributed by atoms with Gasteiger partial charge in [-0.1, -0.05) is 50.1 Å². The van der Waals surface area contributed by atoms with Gasteiger partial charge in [0.05, 0.1) is 6.10 Å². The van der Waals surface area contributed by atoms with Crippen molar-refractivity contribution in [3.63, 3.8) is 0 Å². The molecule has 0 spiro atoms. The Morgan fingerprint density at radius 1 is 1.27 bits per heavy atom. The number of hydrogen-bond donors (Lipinski definition) is 2. The standard InChI is InChI=1S/C11H17O3P/c1-2-3-9-11(14-15(12)13)10-7-5-4-6-8-10/h4-8,11-13H,2-3,9H2,1H3. The van der Waals surface area contributed by atoms with Gasteiger partial charge in [0, 0.05) is 0 Å². The maximum absolute atomic E-state index is 8.88. The van der Waals surface area contributed by atoms with Gasteiger partial charge in [0.15, 0.2) is 0 Å². The van der Waals surface area contributed by atoms with Gasteiger partial charge >= 0.3 is 8.60 Å². The summed E-state index contributed by atoms with van der Waals surface area (Å²) in [4.78, 5) is 17.8. The second-order valence-corrected chi connectivity index (χ2v) is 4.12. The van der Waals surface area contributed by atoms with Gasteiger partial charge in [-0.15, -0.1) is 0 Å². The lowest BCUT2D eigenvalue weighted by Gasteiger charge is -2.17. The summed E-state index contributed by atoms with van der Waals surface area (Å²) >= 11 is 0. The van der Waals surface area contributed by atoms with Crippen LogP contribution in [0.2, 0.25) is 0 Å². The molecule has 0 saturated heterocycles. The molecule has 0 aliphatic carbocycles. The lowest BCUT2D eigenvalue weighted by Crippen LogP contribution is -2.01. The maximum Gasteiger partial charge on any atom is 0.327 e. The van der Waals surface area contributed by atoms with Crippen LogP contribution >= 0.6 is 8.60 Å². The smallest absolute Gasteiger partial charge is 0.327 e. The van der Waals surface area contributed by atoms with Gasteiger partial charge in [0.25, 0.3) is 0 Å². The molecule has 3 nitrogen and oxygen atoms in total. The minimum absolute atomic E-state index is 0.202. The SMILES string of the molecule is CCCCC(OP(O)O)c1ccccc1. The Balaban J connectivity index is 2.63. The second kappa shape index (κ2) is 6.91. The zero-order valence-corrected chi connectivity index (χ0v) is 9.73. The minimum atomic E-state index is -2.28. The quantitative estimate of drug-likeness (QED) is 0.735. The van der Waals surface area contributed by atoms with Crippen molar-refractivity contribution in [1.82, 2.24) is 0 Å². The van der Waals surface area contributed by atoms with Crippen molar-refractivity contribution in [3.8, 4) is 0 Å². The van der Waals surface area contributed by atoms with Gasteiger partial charge in [-0.2, -0.15) is 0 Å². The third-order valence-electron chi connectivity index (χ3n) is 2.21. The Kier molecular flexibility index (Phi) is 5.81. The molecule has 2 N–H and O–H groups in total. The van der Waals surface area contributed by atoms with E-state index in [1.807, 2.05) is 30.3 Å². The largest absolute Gasteiger partial charge is 0.328 e. The lowest BCUT2D eigenvalue weighted by atomic mass is 10.0. The fourth-order valence-electron chi connectivity index (χ4n) is 1.45. The van der Waals surface area contributed by atoms with E-state index in [1.54, 1.807) is 0 Å². The molecule has 1 aromatic carbocycles. The Hall–Kier alpha value is -0.470. The predicted molar refractivity (Wildman–Crippen MR) is 61.2 cm³/mol. The summed E-state index contributed by atoms with van der Waals surface area (Å²) in [6.07, 6.45) is 2.71. The Bertz CT molecular complexity index is 264. The zero-order valence-electron chi connectivity index (χ0n) is 8.84. The van der Waals surface area contributed by atoms with E-state index in [9.17, 15) is 0 Å². The highest BCUT2D eigenvalue weighted by Crippen LogP contribution is 2.36. The highest BCUT2D eigenvalue weighted by Gasteiger charge is 2.15. The van der Waals surface area contributed by atoms with Crippen LogP contribution in [0.15, 0.2) is 30.3 Å². The Morgan fingerprint density at radius 2 is 1.93 bits per heavy atom. The summed E-state index contributed by atoms with van der Waals surface area (Å²) in [7, 11) is -2.28. The van der Waals surface area contributed by atoms with Crippen LogP contribution in [0.1, 0.15) is 37.9 Å². The third-order valence-corrected chi connectivity index (χ3v) is 2.66. The molecule has 0 amide bonds. The molecule has 0 bridgehead atoms. The van der Waals surface area contributed by atoms with Gasteiger partial charge in [0.2, 0.25) is 0 Å². The van der Waals surface area contributed by atoms with Crippen LogP contribution in [-0.4, -0.2) is 9.79 Å². The molecule has 1 rings (SSSR count). The van der Waals surface area contributed by atoms with Crippen molar-refractivity contribution in [2.45, 2.75) is 32.3 Å². The van der Waals surface area contributed by atoms with Crippen LogP contribution in [0.3, 0.4) is 0 Å². The van der Waals surface area contributed by atoms with Gasteiger partial charge < -0.3 is 14.3 Å². The molecule has 84 valence electrons. The number of unbranched alkanes of at least 4 members (excludes halogenated alkanes) is 1. The van der Waals surface area contributed by atoms with Gasteiger partial charge in [0.1, 0.15) is 0 Å². The van der Waals surface area contributed by atoms with Crippen LogP contribution in [0.4, 0.5) is 0 Å². The van der Waals surface area contributed by atoms with E-state index in [2.05, 4.69) is 6.92 Å². The molecule has 0 fully saturated rings. The first kappa shape index (κ1) is 12.6. The van der Waals surface area contributed by atoms with Crippen LogP contribution in [0.5, 0.6) is 0 Å². The van der Waals surface area contributed by atoms with Crippen molar-refractivity contribution in [2.75, 3.05) is 0 Å². The van der Waals surface area contributed by atoms with Crippen molar-refractivity contribution < 1.29 is 14.3 Å². The highest BCUT2D eigenvalue weighted by atomic mass is 31.2. The number of rotatable bonds is 6. The lowest BCUT2D eigenvalue weighted by molar-refractivity contribution is 0.161. The molecule has 0 aromatic heterocycles. The normalized spacial score (nSPS) is 13.1. The van der Waals surface area contributed by atoms with Gasteiger partial charge in [-0.3, -0.25) is 0 Å². The molecule has 0 heterocycles. The number of hydrogen-bond acceptors (Lipinski definition) is 3. The molecular formula is C11H17O3P. The van der Waals surface area contributed by atoms with E-state index >= 15 is 0 Å². The first-order valence-corrected chi connectivity index (χ1v) is 6.30. The van der Waals surface area contributed by atoms with E-state index in [1.165, 1.54) is 0 Å². The summed E-state index contributed by atoms with van der Waals surface area (Å²) in [5.41, 5.74) is 1.00. The van der Waals surface area contributed by atoms with Crippen LogP contribution in [0, 0.1) is 0 Å². The first-order chi connectivity index (χ1) is 7.24. The summed E-state index contributed by atoms with van der Waals surface area (Å²) < 4.78 is 5.11. The molecule has 1 aromatic rings. The molecule has 0 radical (unpaired) electrons. The fraction of sp³-hybridized carbons (Fsp3) is 0.455. The van der Waals surface area contributed by atoms with Crippen molar-refractivity contribution in [3.05, 3.63) is 35.9 Å². The van der Waals surface area contributed by atoms with E-state index in [-0.39, 0.29) is 6.10 Å². The Labute approximate surface area is 91.7 Å². The molecule has 15 heavy (non-hydrogen) atoms. The van der Waals surface area contributed by atoms with Gasteiger partial charge in [-0.05, 0) is 12.0 Å². The average Bonchev–Trinajstić information content (AvgIpc) is 2.25. The summed E-state index contributed by atoms with van der Waals surface area (Å²) in [5.74, 6) is 0. The fourth-order valence-corrected chi connectivity index (χ4v) is 1.91. The second-order valence-electron chi connectivity index (χ2n) is 3.40. The third kappa shape index (κ3) is 4.72. The van der Waals surface area contributed by atoms with E-state index in [4.69, 9.17) is 14.3 Å². The van der Waals surface area contributed by atoms with Crippen molar-refractivity contribution >= 4 is 8.60 Å². The average molecular weight is 228 g/mol. The van der Waals surface area contributed by atoms with E-state index < -0.39 is 8.60 Å². The maximum atomic E-state index is 8.88. The summed E-state index contributed by atoms with van der Waals surface area (Å²) in [6.45, 7) is 2.10. The first-order valence-electron chi connectivity index (χ1n) is 5.13. The van der Waals surface area contributed by atoms with Crippen LogP contribution in [-0.2, 0) is 4.52 Å². The summed E-state index contributed by atoms with van der Waals surface area (Å²) in [6, 6.07) is 9.67. The summed E-state index contributed by atoms with van der Waals surface area (Å²) in [5, 5.41) is 0. The van der Waals surface area contributed by atoms with Crippen molar-refractivity contribution in [2.24, 2.45) is 0 Å². The van der Waals surface area contributed by atoms with Gasteiger partial charge in [-0.25, -0.2) is 0 Å². The van der Waals surface area contributed by atoms with Crippen LogP contribution in [0.25, 0.3) is 0 Å². The molecule has 1 atom stereocenters. The molecular weight excluding hydrogens is 211 g/mol.